The second-order valence-corrected chi connectivity index (χ2v) is 6.01. The van der Waals surface area contributed by atoms with E-state index in [2.05, 4.69) is 0 Å². The first-order chi connectivity index (χ1) is 9.21. The van der Waals surface area contributed by atoms with Crippen LogP contribution in [0.15, 0.2) is 24.3 Å². The average molecular weight is 303 g/mol. The van der Waals surface area contributed by atoms with Crippen LogP contribution in [-0.2, 0) is 6.18 Å². The molecule has 0 aliphatic heterocycles. The first-order valence-corrected chi connectivity index (χ1v) is 6.71. The molecule has 1 unspecified atom stereocenters. The van der Waals surface area contributed by atoms with E-state index in [9.17, 15) is 17.6 Å². The zero-order valence-corrected chi connectivity index (χ0v) is 11.7. The minimum atomic E-state index is -4.72. The van der Waals surface area contributed by atoms with E-state index in [-0.39, 0.29) is 5.56 Å². The van der Waals surface area contributed by atoms with Gasteiger partial charge in [0.2, 0.25) is 0 Å². The summed E-state index contributed by atoms with van der Waals surface area (Å²) in [6.45, 7) is 3.69. The van der Waals surface area contributed by atoms with Crippen LogP contribution in [0.2, 0.25) is 0 Å². The Hall–Kier alpha value is -1.40. The van der Waals surface area contributed by atoms with Gasteiger partial charge in [-0.25, -0.2) is 4.39 Å². The summed E-state index contributed by atoms with van der Waals surface area (Å²) in [4.78, 5) is 1.87. The monoisotopic (exact) mass is 303 g/mol. The van der Waals surface area contributed by atoms with Gasteiger partial charge in [0.25, 0.3) is 0 Å². The van der Waals surface area contributed by atoms with Crippen molar-refractivity contribution in [2.45, 2.75) is 26.1 Å². The van der Waals surface area contributed by atoms with Gasteiger partial charge in [-0.1, -0.05) is 12.1 Å². The lowest BCUT2D eigenvalue weighted by molar-refractivity contribution is -0.140. The SMILES string of the molecule is Cc1cc(C(N)c2cccc(C(F)(F)F)c2F)c(C)s1. The van der Waals surface area contributed by atoms with Crippen molar-refractivity contribution in [3.8, 4) is 0 Å². The molecule has 1 nitrogen and oxygen atoms in total. The second kappa shape index (κ2) is 5.18. The molecule has 0 aliphatic carbocycles. The Balaban J connectivity index is 2.51. The minimum absolute atomic E-state index is 0.138. The molecule has 108 valence electrons. The molecule has 0 amide bonds. The number of hydrogen-bond donors (Lipinski definition) is 1. The molecule has 1 heterocycles. The summed E-state index contributed by atoms with van der Waals surface area (Å²) in [5.74, 6) is -1.30. The van der Waals surface area contributed by atoms with Crippen molar-refractivity contribution >= 4 is 11.3 Å². The van der Waals surface area contributed by atoms with Crippen LogP contribution in [0.1, 0.15) is 32.5 Å². The van der Waals surface area contributed by atoms with E-state index < -0.39 is 23.6 Å². The topological polar surface area (TPSA) is 26.0 Å². The van der Waals surface area contributed by atoms with Crippen molar-refractivity contribution in [3.63, 3.8) is 0 Å². The Labute approximate surface area is 118 Å². The van der Waals surface area contributed by atoms with Gasteiger partial charge < -0.3 is 5.73 Å². The van der Waals surface area contributed by atoms with Crippen LogP contribution in [0, 0.1) is 19.7 Å². The number of hydrogen-bond acceptors (Lipinski definition) is 2. The van der Waals surface area contributed by atoms with Gasteiger partial charge in [-0.3, -0.25) is 0 Å². The highest BCUT2D eigenvalue weighted by Crippen LogP contribution is 2.36. The van der Waals surface area contributed by atoms with Crippen LogP contribution in [-0.4, -0.2) is 0 Å². The van der Waals surface area contributed by atoms with Crippen molar-refractivity contribution in [2.24, 2.45) is 5.73 Å². The molecule has 0 aliphatic rings. The molecule has 6 heteroatoms. The Kier molecular flexibility index (Phi) is 3.88. The van der Waals surface area contributed by atoms with Gasteiger partial charge in [0.1, 0.15) is 5.82 Å². The highest BCUT2D eigenvalue weighted by atomic mass is 32.1. The molecule has 1 aromatic carbocycles. The highest BCUT2D eigenvalue weighted by molar-refractivity contribution is 7.12. The van der Waals surface area contributed by atoms with E-state index in [0.717, 1.165) is 15.8 Å². The lowest BCUT2D eigenvalue weighted by atomic mass is 9.97. The van der Waals surface area contributed by atoms with Crippen molar-refractivity contribution in [2.75, 3.05) is 0 Å². The summed E-state index contributed by atoms with van der Waals surface area (Å²) in [6, 6.07) is 4.07. The highest BCUT2D eigenvalue weighted by Gasteiger charge is 2.35. The van der Waals surface area contributed by atoms with Gasteiger partial charge in [-0.15, -0.1) is 11.3 Å². The van der Waals surface area contributed by atoms with Gasteiger partial charge in [-0.2, -0.15) is 13.2 Å². The molecule has 0 bridgehead atoms. The van der Waals surface area contributed by atoms with Crippen molar-refractivity contribution in [1.29, 1.82) is 0 Å². The molecule has 0 fully saturated rings. The fourth-order valence-corrected chi connectivity index (χ4v) is 3.11. The van der Waals surface area contributed by atoms with E-state index >= 15 is 0 Å². The smallest absolute Gasteiger partial charge is 0.320 e. The quantitative estimate of drug-likeness (QED) is 0.808. The second-order valence-electron chi connectivity index (χ2n) is 4.55. The number of alkyl halides is 3. The molecule has 0 spiro atoms. The summed E-state index contributed by atoms with van der Waals surface area (Å²) in [5, 5.41) is 0. The van der Waals surface area contributed by atoms with Crippen molar-refractivity contribution < 1.29 is 17.6 Å². The van der Waals surface area contributed by atoms with E-state index in [0.29, 0.717) is 5.56 Å². The first-order valence-electron chi connectivity index (χ1n) is 5.90. The first kappa shape index (κ1) is 15.0. The van der Waals surface area contributed by atoms with Gasteiger partial charge in [-0.05, 0) is 31.5 Å². The summed E-state index contributed by atoms with van der Waals surface area (Å²) >= 11 is 1.48. The molecule has 2 rings (SSSR count). The summed E-state index contributed by atoms with van der Waals surface area (Å²) in [5.41, 5.74) is 5.18. The zero-order valence-electron chi connectivity index (χ0n) is 10.9. The Morgan fingerprint density at radius 3 is 2.30 bits per heavy atom. The van der Waals surface area contributed by atoms with Crippen LogP contribution >= 0.6 is 11.3 Å². The largest absolute Gasteiger partial charge is 0.419 e. The molecule has 0 radical (unpaired) electrons. The lowest BCUT2D eigenvalue weighted by Gasteiger charge is -2.16. The molecule has 20 heavy (non-hydrogen) atoms. The Morgan fingerprint density at radius 2 is 1.80 bits per heavy atom. The van der Waals surface area contributed by atoms with Gasteiger partial charge in [0, 0.05) is 15.3 Å². The maximum absolute atomic E-state index is 14.0. The predicted molar refractivity (Wildman–Crippen MR) is 71.2 cm³/mol. The average Bonchev–Trinajstić information content (AvgIpc) is 2.66. The van der Waals surface area contributed by atoms with Crippen LogP contribution in [0.5, 0.6) is 0 Å². The van der Waals surface area contributed by atoms with E-state index in [1.165, 1.54) is 23.5 Å². The zero-order chi connectivity index (χ0) is 15.1. The number of rotatable bonds is 2. The van der Waals surface area contributed by atoms with Gasteiger partial charge >= 0.3 is 6.18 Å². The van der Waals surface area contributed by atoms with Crippen molar-refractivity contribution in [3.05, 3.63) is 56.5 Å². The minimum Gasteiger partial charge on any atom is -0.320 e. The van der Waals surface area contributed by atoms with Crippen LogP contribution in [0.25, 0.3) is 0 Å². The van der Waals surface area contributed by atoms with Crippen molar-refractivity contribution in [1.82, 2.24) is 0 Å². The predicted octanol–water partition coefficient (Wildman–Crippen LogP) is 4.57. The third-order valence-corrected chi connectivity index (χ3v) is 4.07. The third-order valence-electron chi connectivity index (χ3n) is 3.08. The molecule has 0 saturated heterocycles. The molecule has 1 aromatic heterocycles. The third kappa shape index (κ3) is 2.71. The number of benzene rings is 1. The fraction of sp³-hybridized carbons (Fsp3) is 0.286. The van der Waals surface area contributed by atoms with Crippen LogP contribution < -0.4 is 5.73 Å². The summed E-state index contributed by atoms with van der Waals surface area (Å²) in [6.07, 6.45) is -4.72. The maximum Gasteiger partial charge on any atom is 0.419 e. The fourth-order valence-electron chi connectivity index (χ4n) is 2.14. The molecular formula is C14H13F4NS. The molecule has 2 aromatic rings. The van der Waals surface area contributed by atoms with Gasteiger partial charge in [0.15, 0.2) is 0 Å². The molecule has 0 saturated carbocycles. The Morgan fingerprint density at radius 1 is 1.15 bits per heavy atom. The van der Waals surface area contributed by atoms with Crippen LogP contribution in [0.3, 0.4) is 0 Å². The molecular weight excluding hydrogens is 290 g/mol. The van der Waals surface area contributed by atoms with E-state index in [1.54, 1.807) is 6.07 Å². The number of aryl methyl sites for hydroxylation is 2. The number of halogens is 4. The normalized spacial score (nSPS) is 13.6. The van der Waals surface area contributed by atoms with E-state index in [4.69, 9.17) is 5.73 Å². The lowest BCUT2D eigenvalue weighted by Crippen LogP contribution is -2.17. The molecule has 1 atom stereocenters. The number of thiophene rings is 1. The Bertz CT molecular complexity index is 631. The molecule has 2 N–H and O–H groups in total. The van der Waals surface area contributed by atoms with Gasteiger partial charge in [0.05, 0.1) is 11.6 Å². The standard InChI is InChI=1S/C14H13F4NS/c1-7-6-10(8(2)20-7)13(19)9-4-3-5-11(12(9)15)14(16,17)18/h3-6,13H,19H2,1-2H3. The summed E-state index contributed by atoms with van der Waals surface area (Å²) in [7, 11) is 0. The maximum atomic E-state index is 14.0. The van der Waals surface area contributed by atoms with Crippen LogP contribution in [0.4, 0.5) is 17.6 Å². The van der Waals surface area contributed by atoms with E-state index in [1.807, 2.05) is 13.8 Å². The summed E-state index contributed by atoms with van der Waals surface area (Å²) < 4.78 is 52.1. The number of nitrogens with two attached hydrogens (primary N) is 1.